The van der Waals surface area contributed by atoms with Crippen LogP contribution in [0.2, 0.25) is 0 Å². The smallest absolute Gasteiger partial charge is 0.254 e. The predicted octanol–water partition coefficient (Wildman–Crippen LogP) is 2.00. The normalized spacial score (nSPS) is 17.3. The van der Waals surface area contributed by atoms with Crippen molar-refractivity contribution in [1.82, 2.24) is 9.21 Å². The van der Waals surface area contributed by atoms with E-state index >= 15 is 0 Å². The number of rotatable bonds is 4. The number of methoxy groups -OCH3 is 1. The second-order valence-electron chi connectivity index (χ2n) is 7.08. The summed E-state index contributed by atoms with van der Waals surface area (Å²) in [5.41, 5.74) is 0.505. The summed E-state index contributed by atoms with van der Waals surface area (Å²) < 4.78 is 43.5. The van der Waals surface area contributed by atoms with Crippen LogP contribution in [-0.2, 0) is 10.0 Å². The molecule has 2 aromatic rings. The third-order valence-corrected chi connectivity index (χ3v) is 7.13. The Labute approximate surface area is 176 Å². The maximum atomic E-state index is 12.9. The molecule has 0 aromatic heterocycles. The Morgan fingerprint density at radius 2 is 1.60 bits per heavy atom. The number of ether oxygens (including phenoxy) is 3. The molecule has 2 aromatic carbocycles. The van der Waals surface area contributed by atoms with E-state index in [-0.39, 0.29) is 23.9 Å². The van der Waals surface area contributed by atoms with Crippen molar-refractivity contribution >= 4 is 15.9 Å². The molecule has 2 aliphatic heterocycles. The molecule has 0 aliphatic carbocycles. The van der Waals surface area contributed by atoms with Crippen molar-refractivity contribution in [3.8, 4) is 17.2 Å². The zero-order chi connectivity index (χ0) is 21.1. The van der Waals surface area contributed by atoms with Gasteiger partial charge in [-0.25, -0.2) is 8.42 Å². The Morgan fingerprint density at radius 3 is 2.27 bits per heavy atom. The number of carbonyl (C=O) groups is 1. The van der Waals surface area contributed by atoms with Gasteiger partial charge in [-0.3, -0.25) is 4.79 Å². The Hall–Kier alpha value is -2.78. The van der Waals surface area contributed by atoms with E-state index in [1.165, 1.54) is 23.5 Å². The van der Waals surface area contributed by atoms with Gasteiger partial charge in [-0.15, -0.1) is 0 Å². The average molecular weight is 432 g/mol. The molecule has 8 nitrogen and oxygen atoms in total. The van der Waals surface area contributed by atoms with Gasteiger partial charge >= 0.3 is 0 Å². The highest BCUT2D eigenvalue weighted by Crippen LogP contribution is 2.31. The lowest BCUT2D eigenvalue weighted by Gasteiger charge is -2.34. The lowest BCUT2D eigenvalue weighted by Crippen LogP contribution is -2.50. The predicted molar refractivity (Wildman–Crippen MR) is 110 cm³/mol. The van der Waals surface area contributed by atoms with Crippen molar-refractivity contribution in [2.75, 3.05) is 46.5 Å². The first-order chi connectivity index (χ1) is 14.5. The highest BCUT2D eigenvalue weighted by Gasteiger charge is 2.30. The summed E-state index contributed by atoms with van der Waals surface area (Å²) in [6.07, 6.45) is 0.794. The Kier molecular flexibility index (Phi) is 5.83. The van der Waals surface area contributed by atoms with Crippen molar-refractivity contribution in [3.63, 3.8) is 0 Å². The number of fused-ring (bicyclic) bond motifs is 1. The van der Waals surface area contributed by atoms with Gasteiger partial charge in [0.25, 0.3) is 5.91 Å². The molecule has 4 rings (SSSR count). The van der Waals surface area contributed by atoms with Crippen molar-refractivity contribution in [2.45, 2.75) is 11.3 Å². The molecule has 0 saturated carbocycles. The Morgan fingerprint density at radius 1 is 0.933 bits per heavy atom. The van der Waals surface area contributed by atoms with Gasteiger partial charge in [0.15, 0.2) is 11.5 Å². The van der Waals surface area contributed by atoms with Crippen molar-refractivity contribution in [1.29, 1.82) is 0 Å². The topological polar surface area (TPSA) is 85.4 Å². The number of hydrogen-bond acceptors (Lipinski definition) is 6. The summed E-state index contributed by atoms with van der Waals surface area (Å²) in [4.78, 5) is 14.8. The SMILES string of the molecule is COc1ccc(S(=O)(=O)N2CCN(C(=O)c3ccc4c(c3)OCCCO4)CC2)cc1. The van der Waals surface area contributed by atoms with E-state index in [1.807, 2.05) is 0 Å². The highest BCUT2D eigenvalue weighted by atomic mass is 32.2. The van der Waals surface area contributed by atoms with Crippen molar-refractivity contribution in [3.05, 3.63) is 48.0 Å². The lowest BCUT2D eigenvalue weighted by atomic mass is 10.1. The van der Waals surface area contributed by atoms with Gasteiger partial charge < -0.3 is 19.1 Å². The molecule has 160 valence electrons. The molecule has 0 N–H and O–H groups in total. The molecule has 0 bridgehead atoms. The molecule has 1 saturated heterocycles. The maximum absolute atomic E-state index is 12.9. The average Bonchev–Trinajstić information content (AvgIpc) is 3.03. The fourth-order valence-corrected chi connectivity index (χ4v) is 4.93. The van der Waals surface area contributed by atoms with Crippen LogP contribution in [0.4, 0.5) is 0 Å². The van der Waals surface area contributed by atoms with Gasteiger partial charge in [-0.2, -0.15) is 4.31 Å². The number of sulfonamides is 1. The van der Waals surface area contributed by atoms with Crippen LogP contribution in [0, 0.1) is 0 Å². The number of carbonyl (C=O) groups excluding carboxylic acids is 1. The second-order valence-corrected chi connectivity index (χ2v) is 9.02. The standard InChI is InChI=1S/C21H24N2O6S/c1-27-17-4-6-18(7-5-17)30(25,26)23-11-9-22(10-12-23)21(24)16-3-8-19-20(15-16)29-14-2-13-28-19/h3-8,15H,2,9-14H2,1H3. The fraction of sp³-hybridized carbons (Fsp3) is 0.381. The molecule has 1 amide bonds. The van der Waals surface area contributed by atoms with Gasteiger partial charge in [0.1, 0.15) is 5.75 Å². The van der Waals surface area contributed by atoms with Crippen LogP contribution in [0.3, 0.4) is 0 Å². The largest absolute Gasteiger partial charge is 0.497 e. The van der Waals surface area contributed by atoms with Crippen LogP contribution in [0.1, 0.15) is 16.8 Å². The zero-order valence-electron chi connectivity index (χ0n) is 16.7. The first-order valence-electron chi connectivity index (χ1n) is 9.82. The minimum absolute atomic E-state index is 0.146. The number of hydrogen-bond donors (Lipinski definition) is 0. The van der Waals surface area contributed by atoms with E-state index in [0.717, 1.165) is 6.42 Å². The van der Waals surface area contributed by atoms with Gasteiger partial charge in [-0.1, -0.05) is 0 Å². The van der Waals surface area contributed by atoms with Crippen LogP contribution in [0.25, 0.3) is 0 Å². The first-order valence-corrected chi connectivity index (χ1v) is 11.3. The summed E-state index contributed by atoms with van der Waals surface area (Å²) in [7, 11) is -2.08. The number of benzene rings is 2. The quantitative estimate of drug-likeness (QED) is 0.735. The second kappa shape index (κ2) is 8.53. The molecule has 0 radical (unpaired) electrons. The number of nitrogens with zero attached hydrogens (tertiary/aromatic N) is 2. The minimum atomic E-state index is -3.61. The third-order valence-electron chi connectivity index (χ3n) is 5.22. The Bertz CT molecular complexity index is 1010. The van der Waals surface area contributed by atoms with Gasteiger partial charge in [0.2, 0.25) is 10.0 Å². The highest BCUT2D eigenvalue weighted by molar-refractivity contribution is 7.89. The third kappa shape index (κ3) is 4.08. The van der Waals surface area contributed by atoms with E-state index in [1.54, 1.807) is 35.2 Å². The van der Waals surface area contributed by atoms with Crippen LogP contribution in [0.15, 0.2) is 47.4 Å². The van der Waals surface area contributed by atoms with Gasteiger partial charge in [0.05, 0.1) is 25.2 Å². The molecule has 0 spiro atoms. The number of piperazine rings is 1. The molecular formula is C21H24N2O6S. The van der Waals surface area contributed by atoms with E-state index in [9.17, 15) is 13.2 Å². The molecule has 0 atom stereocenters. The van der Waals surface area contributed by atoms with Crippen LogP contribution >= 0.6 is 0 Å². The minimum Gasteiger partial charge on any atom is -0.497 e. The van der Waals surface area contributed by atoms with Crippen LogP contribution in [0.5, 0.6) is 17.2 Å². The lowest BCUT2D eigenvalue weighted by molar-refractivity contribution is 0.0697. The molecule has 9 heteroatoms. The van der Waals surface area contributed by atoms with Crippen molar-refractivity contribution in [2.24, 2.45) is 0 Å². The number of amides is 1. The van der Waals surface area contributed by atoms with E-state index in [2.05, 4.69) is 0 Å². The molecular weight excluding hydrogens is 408 g/mol. The Balaban J connectivity index is 1.42. The molecule has 1 fully saturated rings. The maximum Gasteiger partial charge on any atom is 0.254 e. The zero-order valence-corrected chi connectivity index (χ0v) is 17.6. The van der Waals surface area contributed by atoms with Crippen LogP contribution < -0.4 is 14.2 Å². The molecule has 2 aliphatic rings. The summed E-state index contributed by atoms with van der Waals surface area (Å²) >= 11 is 0. The molecule has 30 heavy (non-hydrogen) atoms. The van der Waals surface area contributed by atoms with E-state index < -0.39 is 10.0 Å². The van der Waals surface area contributed by atoms with Crippen LogP contribution in [-0.4, -0.2) is 70.0 Å². The monoisotopic (exact) mass is 432 g/mol. The summed E-state index contributed by atoms with van der Waals surface area (Å²) in [6.45, 7) is 2.26. The van der Waals surface area contributed by atoms with E-state index in [0.29, 0.717) is 49.1 Å². The summed E-state index contributed by atoms with van der Waals surface area (Å²) in [5, 5.41) is 0. The van der Waals surface area contributed by atoms with Gasteiger partial charge in [-0.05, 0) is 42.5 Å². The van der Waals surface area contributed by atoms with Gasteiger partial charge in [0, 0.05) is 38.2 Å². The molecule has 2 heterocycles. The molecule has 0 unspecified atom stereocenters. The van der Waals surface area contributed by atoms with Crippen molar-refractivity contribution < 1.29 is 27.4 Å². The first kappa shape index (κ1) is 20.5. The summed E-state index contributed by atoms with van der Waals surface area (Å²) in [5.74, 6) is 1.66. The van der Waals surface area contributed by atoms with E-state index in [4.69, 9.17) is 14.2 Å². The summed E-state index contributed by atoms with van der Waals surface area (Å²) in [6, 6.07) is 11.5. The fourth-order valence-electron chi connectivity index (χ4n) is 3.51.